The molecule has 0 amide bonds. The van der Waals surface area contributed by atoms with E-state index in [-0.39, 0.29) is 16.2 Å². The van der Waals surface area contributed by atoms with E-state index in [1.54, 1.807) is 0 Å². The van der Waals surface area contributed by atoms with E-state index in [9.17, 15) is 0 Å². The molecule has 2 nitrogen and oxygen atoms in total. The van der Waals surface area contributed by atoms with Gasteiger partial charge in [0, 0.05) is 32.8 Å². The molecule has 7 aromatic rings. The number of anilines is 3. The summed E-state index contributed by atoms with van der Waals surface area (Å²) >= 11 is 0. The van der Waals surface area contributed by atoms with Crippen LogP contribution in [0.25, 0.3) is 43.8 Å². The molecule has 47 heavy (non-hydrogen) atoms. The van der Waals surface area contributed by atoms with E-state index in [0.29, 0.717) is 0 Å². The molecule has 1 aliphatic rings. The Balaban J connectivity index is 1.44. The fourth-order valence-electron chi connectivity index (χ4n) is 7.69. The normalized spacial score (nSPS) is 14.1. The second-order valence-electron chi connectivity index (χ2n) is 15.9. The minimum Gasteiger partial charge on any atom is -0.454 e. The largest absolute Gasteiger partial charge is 0.454 e. The van der Waals surface area contributed by atoms with Gasteiger partial charge in [0.2, 0.25) is 0 Å². The van der Waals surface area contributed by atoms with Crippen molar-refractivity contribution in [3.05, 3.63) is 138 Å². The van der Waals surface area contributed by atoms with Crippen LogP contribution >= 0.6 is 0 Å². The Labute approximate surface area is 278 Å². The number of nitrogens with zero attached hydrogens (tertiary/aromatic N) is 1. The van der Waals surface area contributed by atoms with E-state index in [1.807, 2.05) is 0 Å². The van der Waals surface area contributed by atoms with Gasteiger partial charge in [-0.25, -0.2) is 0 Å². The number of para-hydroxylation sites is 1. The molecule has 0 aliphatic heterocycles. The zero-order valence-corrected chi connectivity index (χ0v) is 28.8. The number of hydrogen-bond donors (Lipinski definition) is 0. The van der Waals surface area contributed by atoms with Crippen LogP contribution in [0.4, 0.5) is 17.1 Å². The molecule has 1 aliphatic carbocycles. The van der Waals surface area contributed by atoms with Crippen molar-refractivity contribution in [2.75, 3.05) is 4.90 Å². The number of hydrogen-bond acceptors (Lipinski definition) is 2. The maximum Gasteiger partial charge on any atom is 0.159 e. The molecular formula is C45H43NO. The first kappa shape index (κ1) is 29.6. The summed E-state index contributed by atoms with van der Waals surface area (Å²) in [5.74, 6) is 0. The third kappa shape index (κ3) is 4.53. The van der Waals surface area contributed by atoms with Gasteiger partial charge in [-0.2, -0.15) is 0 Å². The van der Waals surface area contributed by atoms with Gasteiger partial charge in [0.15, 0.2) is 5.58 Å². The molecule has 0 saturated carbocycles. The van der Waals surface area contributed by atoms with Crippen LogP contribution in [0.15, 0.2) is 120 Å². The molecule has 2 heteroatoms. The van der Waals surface area contributed by atoms with Crippen molar-refractivity contribution in [2.45, 2.75) is 71.6 Å². The smallest absolute Gasteiger partial charge is 0.159 e. The summed E-state index contributed by atoms with van der Waals surface area (Å²) in [6.45, 7) is 18.5. The molecule has 8 rings (SSSR count). The molecule has 0 radical (unpaired) electrons. The van der Waals surface area contributed by atoms with Crippen LogP contribution in [-0.2, 0) is 16.2 Å². The average molecular weight is 614 g/mol. The highest BCUT2D eigenvalue weighted by Crippen LogP contribution is 2.52. The zero-order chi connectivity index (χ0) is 32.9. The van der Waals surface area contributed by atoms with Crippen LogP contribution in [0.1, 0.15) is 77.6 Å². The van der Waals surface area contributed by atoms with Crippen molar-refractivity contribution in [2.24, 2.45) is 0 Å². The molecule has 0 spiro atoms. The first-order valence-corrected chi connectivity index (χ1v) is 16.9. The Morgan fingerprint density at radius 2 is 1.19 bits per heavy atom. The average Bonchev–Trinajstić information content (AvgIpc) is 3.53. The SMILES string of the molecule is CC(C)(C)c1cc(C(C)(C)C)c2oc3c(N(c4ccc5c(c4)C(C)(C)c4ccccc4-5)c4cccc5ccccc45)cccc3c2c1. The fraction of sp³-hybridized carbons (Fsp3) is 0.244. The highest BCUT2D eigenvalue weighted by molar-refractivity contribution is 6.12. The number of benzene rings is 6. The van der Waals surface area contributed by atoms with Gasteiger partial charge in [0.25, 0.3) is 0 Å². The minimum atomic E-state index is -0.108. The van der Waals surface area contributed by atoms with E-state index in [0.717, 1.165) is 33.6 Å². The summed E-state index contributed by atoms with van der Waals surface area (Å²) in [6, 6.07) is 42.6. The molecule has 0 atom stereocenters. The topological polar surface area (TPSA) is 16.4 Å². The molecule has 234 valence electrons. The van der Waals surface area contributed by atoms with Crippen molar-refractivity contribution in [3.8, 4) is 11.1 Å². The van der Waals surface area contributed by atoms with E-state index >= 15 is 0 Å². The summed E-state index contributed by atoms with van der Waals surface area (Å²) in [5, 5.41) is 4.75. The van der Waals surface area contributed by atoms with E-state index in [4.69, 9.17) is 4.42 Å². The second kappa shape index (κ2) is 10.1. The van der Waals surface area contributed by atoms with Gasteiger partial charge in [-0.05, 0) is 74.4 Å². The number of furan rings is 1. The van der Waals surface area contributed by atoms with Crippen LogP contribution in [0.5, 0.6) is 0 Å². The second-order valence-corrected chi connectivity index (χ2v) is 15.9. The standard InChI is InChI=1S/C45H43NO/c1-43(2,3)29-25-35-34-19-14-22-40(42(34)47-41(35)38(26-29)44(4,5)6)46(39-21-13-16-28-15-9-10-17-31(28)39)30-23-24-33-32-18-11-12-20-36(32)45(7,8)37(33)27-30/h9-27H,1-8H3. The van der Waals surface area contributed by atoms with E-state index < -0.39 is 0 Å². The Hall–Kier alpha value is -4.82. The molecule has 1 heterocycles. The number of fused-ring (bicyclic) bond motifs is 7. The summed E-state index contributed by atoms with van der Waals surface area (Å²) in [7, 11) is 0. The highest BCUT2D eigenvalue weighted by atomic mass is 16.3. The Bertz CT molecular complexity index is 2350. The summed E-state index contributed by atoms with van der Waals surface area (Å²) in [4.78, 5) is 2.42. The molecule has 0 unspecified atom stereocenters. The van der Waals surface area contributed by atoms with Crippen molar-refractivity contribution in [1.82, 2.24) is 0 Å². The third-order valence-electron chi connectivity index (χ3n) is 10.3. The highest BCUT2D eigenvalue weighted by Gasteiger charge is 2.36. The molecular weight excluding hydrogens is 571 g/mol. The Kier molecular flexibility index (Phi) is 6.35. The van der Waals surface area contributed by atoms with Gasteiger partial charge in [0.1, 0.15) is 5.58 Å². The maximum atomic E-state index is 7.09. The Morgan fingerprint density at radius 1 is 0.532 bits per heavy atom. The summed E-state index contributed by atoms with van der Waals surface area (Å²) in [6.07, 6.45) is 0. The maximum absolute atomic E-state index is 7.09. The van der Waals surface area contributed by atoms with Gasteiger partial charge in [-0.15, -0.1) is 0 Å². The van der Waals surface area contributed by atoms with Crippen molar-refractivity contribution < 1.29 is 4.42 Å². The summed E-state index contributed by atoms with van der Waals surface area (Å²) in [5.41, 5.74) is 13.0. The lowest BCUT2D eigenvalue weighted by Gasteiger charge is -2.29. The lowest BCUT2D eigenvalue weighted by molar-refractivity contribution is 0.559. The van der Waals surface area contributed by atoms with Crippen LogP contribution in [0.2, 0.25) is 0 Å². The molecule has 1 aromatic heterocycles. The van der Waals surface area contributed by atoms with Crippen molar-refractivity contribution in [1.29, 1.82) is 0 Å². The quantitative estimate of drug-likeness (QED) is 0.197. The first-order chi connectivity index (χ1) is 22.3. The van der Waals surface area contributed by atoms with Crippen molar-refractivity contribution in [3.63, 3.8) is 0 Å². The minimum absolute atomic E-state index is 0.0131. The molecule has 0 bridgehead atoms. The van der Waals surface area contributed by atoms with Gasteiger partial charge >= 0.3 is 0 Å². The molecule has 0 N–H and O–H groups in total. The van der Waals surface area contributed by atoms with Gasteiger partial charge < -0.3 is 9.32 Å². The molecule has 0 fully saturated rings. The van der Waals surface area contributed by atoms with Crippen LogP contribution in [0, 0.1) is 0 Å². The Morgan fingerprint density at radius 3 is 1.98 bits per heavy atom. The molecule has 0 saturated heterocycles. The predicted molar refractivity (Wildman–Crippen MR) is 201 cm³/mol. The summed E-state index contributed by atoms with van der Waals surface area (Å²) < 4.78 is 7.09. The van der Waals surface area contributed by atoms with Gasteiger partial charge in [0.05, 0.1) is 11.4 Å². The van der Waals surface area contributed by atoms with Crippen LogP contribution in [0.3, 0.4) is 0 Å². The fourth-order valence-corrected chi connectivity index (χ4v) is 7.69. The van der Waals surface area contributed by atoms with Crippen LogP contribution < -0.4 is 4.90 Å². The number of rotatable bonds is 3. The molecule has 6 aromatic carbocycles. The van der Waals surface area contributed by atoms with Gasteiger partial charge in [-0.1, -0.05) is 140 Å². The lowest BCUT2D eigenvalue weighted by Crippen LogP contribution is -2.16. The first-order valence-electron chi connectivity index (χ1n) is 16.9. The lowest BCUT2D eigenvalue weighted by atomic mass is 9.79. The van der Waals surface area contributed by atoms with Gasteiger partial charge in [-0.3, -0.25) is 0 Å². The monoisotopic (exact) mass is 613 g/mol. The third-order valence-corrected chi connectivity index (χ3v) is 10.3. The van der Waals surface area contributed by atoms with E-state index in [1.165, 1.54) is 49.5 Å². The van der Waals surface area contributed by atoms with Crippen LogP contribution in [-0.4, -0.2) is 0 Å². The zero-order valence-electron chi connectivity index (χ0n) is 28.8. The van der Waals surface area contributed by atoms with E-state index in [2.05, 4.69) is 176 Å². The van der Waals surface area contributed by atoms with Crippen molar-refractivity contribution >= 4 is 49.8 Å². The predicted octanol–water partition coefficient (Wildman–Crippen LogP) is 13.1.